The van der Waals surface area contributed by atoms with Gasteiger partial charge in [0.15, 0.2) is 0 Å². The molecule has 14 rings (SSSR count). The number of aryl methyl sites for hydroxylation is 1. The van der Waals surface area contributed by atoms with E-state index in [2.05, 4.69) is 274 Å². The van der Waals surface area contributed by atoms with Gasteiger partial charge >= 0.3 is 6.85 Å². The van der Waals surface area contributed by atoms with Crippen molar-refractivity contribution < 1.29 is 0 Å². The molecule has 0 N–H and O–H groups in total. The summed E-state index contributed by atoms with van der Waals surface area (Å²) >= 11 is 0. The highest BCUT2D eigenvalue weighted by Gasteiger charge is 2.50. The second-order valence-electron chi connectivity index (χ2n) is 21.9. The Labute approximate surface area is 437 Å². The zero-order valence-electron chi connectivity index (χ0n) is 42.9. The molecule has 0 fully saturated rings. The minimum absolute atomic E-state index is 0.116. The van der Waals surface area contributed by atoms with Gasteiger partial charge in [-0.2, -0.15) is 0 Å². The van der Waals surface area contributed by atoms with Crippen LogP contribution in [-0.4, -0.2) is 6.85 Å². The Morgan fingerprint density at radius 3 is 1.70 bits per heavy atom. The first kappa shape index (κ1) is 44.4. The molecule has 4 aliphatic rings. The van der Waals surface area contributed by atoms with E-state index in [1.807, 2.05) is 0 Å². The van der Waals surface area contributed by atoms with Crippen LogP contribution in [0.2, 0.25) is 0 Å². The van der Waals surface area contributed by atoms with Crippen LogP contribution in [0.15, 0.2) is 224 Å². The van der Waals surface area contributed by atoms with Crippen LogP contribution >= 0.6 is 0 Å². The van der Waals surface area contributed by atoms with Crippen LogP contribution in [0.25, 0.3) is 44.5 Å². The highest BCUT2D eigenvalue weighted by Crippen LogP contribution is 2.58. The second kappa shape index (κ2) is 16.9. The quantitative estimate of drug-likeness (QED) is 0.134. The lowest BCUT2D eigenvalue weighted by Crippen LogP contribution is -2.62. The lowest BCUT2D eigenvalue weighted by molar-refractivity contribution is 0.632. The van der Waals surface area contributed by atoms with Crippen molar-refractivity contribution in [3.8, 4) is 44.5 Å². The van der Waals surface area contributed by atoms with Gasteiger partial charge < -0.3 is 14.6 Å². The van der Waals surface area contributed by atoms with Crippen molar-refractivity contribution in [3.63, 3.8) is 0 Å². The maximum atomic E-state index is 2.71. The molecule has 10 aromatic carbocycles. The minimum Gasteiger partial charge on any atom is -0.376 e. The predicted molar refractivity (Wildman–Crippen MR) is 314 cm³/mol. The number of unbranched alkanes of at least 4 members (excludes halogenated alkanes) is 1. The van der Waals surface area contributed by atoms with Crippen LogP contribution in [0.3, 0.4) is 0 Å². The largest absolute Gasteiger partial charge is 0.376 e. The van der Waals surface area contributed by atoms with Gasteiger partial charge in [0.2, 0.25) is 0 Å². The van der Waals surface area contributed by atoms with Crippen LogP contribution in [0.4, 0.5) is 45.5 Å². The summed E-state index contributed by atoms with van der Waals surface area (Å²) in [4.78, 5) is 7.87. The van der Waals surface area contributed by atoms with E-state index in [-0.39, 0.29) is 17.7 Å². The van der Waals surface area contributed by atoms with E-state index in [1.54, 1.807) is 0 Å². The smallest absolute Gasteiger partial charge is 0.333 e. The van der Waals surface area contributed by atoms with E-state index >= 15 is 0 Å². The third kappa shape index (κ3) is 6.67. The number of rotatable bonds is 9. The Balaban J connectivity index is 1.10. The fourth-order valence-corrected chi connectivity index (χ4v) is 13.3. The minimum atomic E-state index is -0.243. The summed E-state index contributed by atoms with van der Waals surface area (Å²) in [6, 6.07) is 85.0. The highest BCUT2D eigenvalue weighted by molar-refractivity contribution is 6.93. The zero-order chi connectivity index (χ0) is 49.9. The van der Waals surface area contributed by atoms with Crippen molar-refractivity contribution >= 4 is 63.3 Å². The van der Waals surface area contributed by atoms with Gasteiger partial charge in [-0.05, 0) is 157 Å². The first-order valence-electron chi connectivity index (χ1n) is 26.7. The van der Waals surface area contributed by atoms with E-state index in [0.29, 0.717) is 0 Å². The molecule has 10 aromatic rings. The Kier molecular flexibility index (Phi) is 10.1. The van der Waals surface area contributed by atoms with Gasteiger partial charge in [-0.3, -0.25) is 0 Å². The molecule has 74 heavy (non-hydrogen) atoms. The fraction of sp³-hybridized carbons (Fsp3) is 0.143. The Hall–Kier alpha value is -8.34. The maximum Gasteiger partial charge on any atom is 0.333 e. The molecule has 3 aliphatic heterocycles. The molecule has 0 radical (unpaired) electrons. The van der Waals surface area contributed by atoms with E-state index in [4.69, 9.17) is 0 Å². The summed E-state index contributed by atoms with van der Waals surface area (Å²) in [6.45, 7) is 11.8. The summed E-state index contributed by atoms with van der Waals surface area (Å²) in [7, 11) is 0. The molecule has 1 aliphatic carbocycles. The number of para-hydroxylation sites is 2. The molecule has 4 heteroatoms. The van der Waals surface area contributed by atoms with Gasteiger partial charge in [0.05, 0.1) is 5.69 Å². The lowest BCUT2D eigenvalue weighted by Gasteiger charge is -2.50. The van der Waals surface area contributed by atoms with E-state index in [1.165, 1.54) is 125 Å². The molecule has 0 atom stereocenters. The molecular weight excluding hydrogens is 894 g/mol. The summed E-state index contributed by atoms with van der Waals surface area (Å²) in [6.07, 6.45) is 3.44. The molecule has 0 aromatic heterocycles. The second-order valence-corrected chi connectivity index (χ2v) is 21.9. The number of nitrogens with zero attached hydrogens (tertiary/aromatic N) is 3. The lowest BCUT2D eigenvalue weighted by atomic mass is 9.42. The number of hydrogen-bond donors (Lipinski definition) is 0. The summed E-state index contributed by atoms with van der Waals surface area (Å²) in [5, 5.41) is 0. The van der Waals surface area contributed by atoms with Gasteiger partial charge in [-0.15, -0.1) is 0 Å². The van der Waals surface area contributed by atoms with E-state index < -0.39 is 0 Å². The molecule has 0 amide bonds. The standard InChI is InChI=1S/C70H58BN3/c1-6-7-21-46-36-38-51(39-37-46)74-65-45-56-55-30-14-15-31-59(55)69(2,3)62(56)44-57(65)58-42-54(43-66-67(58)71(74)63-34-20-33-61-68(63)73(66)64-35-17-16-32-60(64)70(61,4)5)72(52-28-18-26-49(40-52)47-22-10-8-11-23-47)53-29-19-27-50(41-53)48-24-12-9-13-25-48/h8-20,22-45H,6-7,21H2,1-5H3. The van der Waals surface area contributed by atoms with Gasteiger partial charge in [0.25, 0.3) is 0 Å². The van der Waals surface area contributed by atoms with Crippen LogP contribution in [0.5, 0.6) is 0 Å². The van der Waals surface area contributed by atoms with Crippen molar-refractivity contribution in [2.75, 3.05) is 14.6 Å². The molecule has 356 valence electrons. The Morgan fingerprint density at radius 1 is 0.419 bits per heavy atom. The van der Waals surface area contributed by atoms with Crippen LogP contribution in [-0.2, 0) is 17.3 Å². The van der Waals surface area contributed by atoms with Crippen molar-refractivity contribution in [1.82, 2.24) is 0 Å². The van der Waals surface area contributed by atoms with Crippen molar-refractivity contribution in [1.29, 1.82) is 0 Å². The normalized spacial score (nSPS) is 14.6. The molecule has 3 nitrogen and oxygen atoms in total. The first-order chi connectivity index (χ1) is 36.2. The van der Waals surface area contributed by atoms with Crippen LogP contribution in [0.1, 0.15) is 75.3 Å². The van der Waals surface area contributed by atoms with E-state index in [0.717, 1.165) is 23.5 Å². The average Bonchev–Trinajstić information content (AvgIpc) is 3.67. The van der Waals surface area contributed by atoms with E-state index in [9.17, 15) is 0 Å². The Morgan fingerprint density at radius 2 is 1.01 bits per heavy atom. The molecular formula is C70H58BN3. The van der Waals surface area contributed by atoms with Crippen molar-refractivity contribution in [3.05, 3.63) is 252 Å². The molecule has 0 spiro atoms. The summed E-state index contributed by atoms with van der Waals surface area (Å²) in [5.74, 6) is 0. The highest BCUT2D eigenvalue weighted by atomic mass is 15.2. The number of anilines is 8. The molecule has 3 heterocycles. The molecule has 0 unspecified atom stereocenters. The average molecular weight is 952 g/mol. The molecule has 0 bridgehead atoms. The third-order valence-corrected chi connectivity index (χ3v) is 17.0. The van der Waals surface area contributed by atoms with Crippen molar-refractivity contribution in [2.24, 2.45) is 0 Å². The molecule has 0 saturated heterocycles. The van der Waals surface area contributed by atoms with Crippen molar-refractivity contribution in [2.45, 2.75) is 64.7 Å². The number of benzene rings is 10. The first-order valence-corrected chi connectivity index (χ1v) is 26.7. The van der Waals surface area contributed by atoms with Crippen LogP contribution in [0, 0.1) is 0 Å². The van der Waals surface area contributed by atoms with Gasteiger partial charge in [0, 0.05) is 56.2 Å². The predicted octanol–water partition coefficient (Wildman–Crippen LogP) is 17.5. The van der Waals surface area contributed by atoms with Gasteiger partial charge in [-0.1, -0.05) is 199 Å². The molecule has 0 saturated carbocycles. The topological polar surface area (TPSA) is 9.72 Å². The van der Waals surface area contributed by atoms with Gasteiger partial charge in [0.1, 0.15) is 0 Å². The fourth-order valence-electron chi connectivity index (χ4n) is 13.3. The number of hydrogen-bond acceptors (Lipinski definition) is 3. The monoisotopic (exact) mass is 951 g/mol. The third-order valence-electron chi connectivity index (χ3n) is 17.0. The maximum absolute atomic E-state index is 2.71. The Bertz CT molecular complexity index is 3770. The van der Waals surface area contributed by atoms with Gasteiger partial charge in [-0.25, -0.2) is 0 Å². The summed E-state index contributed by atoms with van der Waals surface area (Å²) < 4.78 is 0. The number of fused-ring (bicyclic) bond motifs is 9. The SMILES string of the molecule is CCCCc1ccc(N2B3c4cccc5c4N(c4ccccc4C5(C)C)c4cc(N(c5cccc(-c6ccccc6)c5)c5cccc(-c6ccccc6)c5)cc(c43)-c3cc4c(cc32)-c2ccccc2C4(C)C)cc1. The summed E-state index contributed by atoms with van der Waals surface area (Å²) in [5.41, 5.74) is 28.5. The van der Waals surface area contributed by atoms with Crippen LogP contribution < -0.4 is 25.5 Å². The zero-order valence-corrected chi connectivity index (χ0v) is 42.9.